The number of hydrogen-bond donors (Lipinski definition) is 17. The minimum atomic E-state index is -1.58. The molecule has 21 N–H and O–H groups in total. The van der Waals surface area contributed by atoms with Gasteiger partial charge in [0.1, 0.15) is 72.2 Å². The van der Waals surface area contributed by atoms with E-state index < -0.39 is 223 Å². The highest BCUT2D eigenvalue weighted by molar-refractivity contribution is 8.00. The number of carboxylic acids is 1. The molecule has 0 radical (unpaired) electrons. The molecule has 5 aromatic rings. The van der Waals surface area contributed by atoms with E-state index >= 15 is 24.0 Å². The maximum absolute atomic E-state index is 15.2. The Morgan fingerprint density at radius 2 is 1.13 bits per heavy atom. The number of H-pyrrole nitrogens is 2. The molecule has 3 unspecified atom stereocenters. The first-order valence-electron chi connectivity index (χ1n) is 41.7. The van der Waals surface area contributed by atoms with Gasteiger partial charge in [0.2, 0.25) is 88.6 Å². The Bertz CT molecular complexity index is 4660. The SMILES string of the molecule is CCCC[C@H]1C(=O)N[C@@H](CCCN)C(=O)N[C@H](C(=O)NCC(N)=O)CSCC(=O)N[C@@H](Cc2ccc(OC)cc2)C(=O)N(C)[C@@H](C)C(=O)N[C@@H](C)C(=O)N2CCCC2C(=O)N[C@@H](CN)C(=O)N[C@@H](CCC(=O)O)C(=O)C2CCCC2C(=O)N[C@@H](Cc2c[nH]c3ccccc23)C(=O)N[C@@H](CCN)C(=O)N[C@@H](Cc2c[nH]c3ccccc23)C(=O)N(C)CC(=O)N1C. The van der Waals surface area contributed by atoms with E-state index in [1.54, 1.807) is 85.2 Å². The van der Waals surface area contributed by atoms with Crippen LogP contribution in [0.1, 0.15) is 121 Å². The number of likely N-dealkylation sites (N-methyl/N-ethyl adjacent to an activating group) is 3. The van der Waals surface area contributed by atoms with Crippen molar-refractivity contribution in [3.63, 3.8) is 0 Å². The minimum absolute atomic E-state index is 0.0169. The van der Waals surface area contributed by atoms with Crippen molar-refractivity contribution in [2.75, 3.05) is 79.0 Å². The average Bonchev–Trinajstić information content (AvgIpc) is 1.64. The number of fused-ring (bicyclic) bond motifs is 4. The highest BCUT2D eigenvalue weighted by Gasteiger charge is 2.45. The number of aromatic nitrogens is 2. The number of aliphatic carboxylic acids is 1. The van der Waals surface area contributed by atoms with Crippen molar-refractivity contribution in [3.05, 3.63) is 102 Å². The normalized spacial score (nSPS) is 25.3. The number of Topliss-reactive ketones (excluding diaryl/α,β-unsaturated/α-hetero) is 1. The highest BCUT2D eigenvalue weighted by atomic mass is 32.2. The molecule has 8 rings (SSSR count). The predicted molar refractivity (Wildman–Crippen MR) is 458 cm³/mol. The lowest BCUT2D eigenvalue weighted by Crippen LogP contribution is -2.60. The number of nitrogens with two attached hydrogens (primary N) is 4. The first-order valence-corrected chi connectivity index (χ1v) is 42.9. The fourth-order valence-electron chi connectivity index (χ4n) is 15.5. The van der Waals surface area contributed by atoms with E-state index in [-0.39, 0.29) is 96.0 Å². The number of ether oxygens (including phenoxy) is 1. The summed E-state index contributed by atoms with van der Waals surface area (Å²) < 4.78 is 5.33. The Labute approximate surface area is 722 Å². The Morgan fingerprint density at radius 3 is 1.75 bits per heavy atom. The number of thioether (sulfide) groups is 1. The average molecular weight is 1740 g/mol. The Balaban J connectivity index is 1.13. The number of carbonyl (C=O) groups is 17. The van der Waals surface area contributed by atoms with Crippen molar-refractivity contribution in [2.45, 2.75) is 196 Å². The van der Waals surface area contributed by atoms with Gasteiger partial charge in [-0.2, -0.15) is 0 Å². The van der Waals surface area contributed by atoms with Crippen molar-refractivity contribution in [3.8, 4) is 5.75 Å². The number of hydrogen-bond acceptors (Lipinski definition) is 22. The lowest BCUT2D eigenvalue weighted by atomic mass is 9.86. The van der Waals surface area contributed by atoms with Crippen molar-refractivity contribution in [2.24, 2.45) is 34.8 Å². The molecule has 2 saturated heterocycles. The first-order chi connectivity index (χ1) is 59.2. The number of rotatable bonds is 22. The number of para-hydroxylation sites is 2. The summed E-state index contributed by atoms with van der Waals surface area (Å²) in [5.74, 6) is -17.5. The molecular weight excluding hydrogens is 1630 g/mol. The van der Waals surface area contributed by atoms with Crippen LogP contribution in [0.25, 0.3) is 21.8 Å². The molecule has 4 heterocycles. The van der Waals surface area contributed by atoms with Gasteiger partial charge in [-0.3, -0.25) is 81.5 Å². The van der Waals surface area contributed by atoms with E-state index in [4.69, 9.17) is 27.7 Å². The minimum Gasteiger partial charge on any atom is -0.497 e. The van der Waals surface area contributed by atoms with Crippen LogP contribution < -0.4 is 80.8 Å². The summed E-state index contributed by atoms with van der Waals surface area (Å²) in [4.78, 5) is 255. The summed E-state index contributed by atoms with van der Waals surface area (Å²) in [5, 5.41) is 37.9. The number of methoxy groups -OCH3 is 1. The summed E-state index contributed by atoms with van der Waals surface area (Å²) in [7, 11) is 5.40. The molecule has 2 aliphatic heterocycles. The van der Waals surface area contributed by atoms with E-state index in [2.05, 4.69) is 63.1 Å². The molecule has 0 bridgehead atoms. The van der Waals surface area contributed by atoms with Crippen LogP contribution in [0.5, 0.6) is 5.75 Å². The lowest BCUT2D eigenvalue weighted by molar-refractivity contribution is -0.145. The second kappa shape index (κ2) is 47.0. The van der Waals surface area contributed by atoms with Gasteiger partial charge in [-0.15, -0.1) is 11.8 Å². The number of amides is 15. The Hall–Kier alpha value is -12.0. The van der Waals surface area contributed by atoms with E-state index in [1.807, 2.05) is 6.92 Å². The molecule has 15 amide bonds. The molecular formula is C84H118N20O19S. The smallest absolute Gasteiger partial charge is 0.303 e. The van der Waals surface area contributed by atoms with Crippen LogP contribution in [-0.2, 0) is 101 Å². The number of carboxylic acid groups (broad SMARTS) is 1. The Kier molecular flexibility index (Phi) is 36.9. The number of ketones is 1. The third-order valence-corrected chi connectivity index (χ3v) is 23.7. The molecule has 3 fully saturated rings. The maximum Gasteiger partial charge on any atom is 0.303 e. The summed E-state index contributed by atoms with van der Waals surface area (Å²) in [6.45, 7) is 2.50. The summed E-state index contributed by atoms with van der Waals surface area (Å²) >= 11 is 0.825. The largest absolute Gasteiger partial charge is 0.497 e. The maximum atomic E-state index is 15.2. The monoisotopic (exact) mass is 1740 g/mol. The molecule has 40 heteroatoms. The van der Waals surface area contributed by atoms with Gasteiger partial charge in [-0.05, 0) is 126 Å². The quantitative estimate of drug-likeness (QED) is 0.0344. The number of primary amides is 1. The van der Waals surface area contributed by atoms with Crippen LogP contribution in [-0.4, -0.2) is 287 Å². The number of nitrogens with zero attached hydrogens (tertiary/aromatic N) is 4. The van der Waals surface area contributed by atoms with Gasteiger partial charge < -0.3 is 116 Å². The molecule has 3 aromatic carbocycles. The van der Waals surface area contributed by atoms with Gasteiger partial charge in [0.05, 0.1) is 32.0 Å². The number of nitrogens with one attached hydrogen (secondary N) is 12. The standard InChI is InChI=1S/C84H118N20O19S/c1-8-9-24-66-80(118)96-59(23-15-33-85)76(114)100-65(75(113)91-42-68(88)105)44-124-45-69(106)93-62(36-48-26-28-51(123-7)29-27-48)84(122)102(5)47(3)73(111)92-46(2)82(120)104-35-16-25-67(104)81(119)99-64(39-87)79(117)94-58(30-31-71(108)109)72(110)54-19-14-20-55(54)74(112)97-61(37-49-40-89-56-21-12-10-17-52(49)56)78(116)95-60(32-34-86)77(115)98-63(83(121)101(4)43-70(107)103(66)6)38-50-41-90-57-22-13-11-18-53(50)57/h10-13,17-18,21-22,26-29,40-41,46-47,54-55,58-67,89-90H,8-9,14-16,19-20,23-25,30-39,42-45,85-87H2,1-7H3,(H2,88,105)(H,91,113)(H,92,111)(H,93,106)(H,94,117)(H,95,116)(H,96,118)(H,97,112)(H,98,115)(H,99,119)(H,100,114)(H,108,109)/t46-,47-,54?,55?,58-,59-,60-,61-,62-,63-,64-,65-,66-,67?/m0/s1. The second-order valence-electron chi connectivity index (χ2n) is 31.6. The van der Waals surface area contributed by atoms with Crippen LogP contribution in [0, 0.1) is 11.8 Å². The van der Waals surface area contributed by atoms with Gasteiger partial charge >= 0.3 is 5.97 Å². The van der Waals surface area contributed by atoms with E-state index in [0.717, 1.165) is 26.5 Å². The van der Waals surface area contributed by atoms with Crippen LogP contribution in [0.4, 0.5) is 0 Å². The van der Waals surface area contributed by atoms with Crippen LogP contribution in [0.2, 0.25) is 0 Å². The van der Waals surface area contributed by atoms with E-state index in [0.29, 0.717) is 63.5 Å². The van der Waals surface area contributed by atoms with Gasteiger partial charge in [-0.25, -0.2) is 0 Å². The van der Waals surface area contributed by atoms with Gasteiger partial charge in [-0.1, -0.05) is 74.7 Å². The summed E-state index contributed by atoms with van der Waals surface area (Å²) in [6, 6.07) is 3.63. The fraction of sp³-hybridized carbons (Fsp3) is 0.536. The number of carbonyl (C=O) groups excluding carboxylic acids is 16. The highest BCUT2D eigenvalue weighted by Crippen LogP contribution is 2.35. The van der Waals surface area contributed by atoms with Gasteiger partial charge in [0.15, 0.2) is 5.78 Å². The zero-order valence-corrected chi connectivity index (χ0v) is 71.8. The molecule has 39 nitrogen and oxygen atoms in total. The predicted octanol–water partition coefficient (Wildman–Crippen LogP) is -2.37. The third-order valence-electron chi connectivity index (χ3n) is 22.7. The second-order valence-corrected chi connectivity index (χ2v) is 32.6. The topological polar surface area (TPSA) is 589 Å². The molecule has 3 aliphatic rings. The van der Waals surface area contributed by atoms with Crippen molar-refractivity contribution >= 4 is 134 Å². The van der Waals surface area contributed by atoms with E-state index in [1.165, 1.54) is 47.0 Å². The van der Waals surface area contributed by atoms with Crippen molar-refractivity contribution in [1.82, 2.24) is 82.7 Å². The number of aromatic amines is 2. The number of unbranched alkanes of at least 4 members (excludes halogenated alkanes) is 1. The molecule has 2 aromatic heterocycles. The fourth-order valence-corrected chi connectivity index (χ4v) is 16.4. The van der Waals surface area contributed by atoms with Crippen molar-refractivity contribution < 1.29 is 91.4 Å². The van der Waals surface area contributed by atoms with Crippen molar-refractivity contribution in [1.29, 1.82) is 0 Å². The van der Waals surface area contributed by atoms with Crippen LogP contribution in [0.3, 0.4) is 0 Å². The zero-order chi connectivity index (χ0) is 90.6. The van der Waals surface area contributed by atoms with Crippen LogP contribution >= 0.6 is 11.8 Å². The third kappa shape index (κ3) is 26.7. The molecule has 0 spiro atoms. The zero-order valence-electron chi connectivity index (χ0n) is 70.9. The summed E-state index contributed by atoms with van der Waals surface area (Å²) in [5.41, 5.74) is 26.7. The molecule has 1 aliphatic carbocycles. The number of benzene rings is 3. The molecule has 124 heavy (non-hydrogen) atoms. The Morgan fingerprint density at radius 1 is 0.556 bits per heavy atom. The van der Waals surface area contributed by atoms with E-state index in [9.17, 15) is 62.6 Å². The molecule has 1 saturated carbocycles. The molecule has 674 valence electrons. The van der Waals surface area contributed by atoms with Gasteiger partial charge in [0.25, 0.3) is 0 Å². The lowest BCUT2D eigenvalue weighted by Gasteiger charge is -2.32. The molecule has 14 atom stereocenters. The van der Waals surface area contributed by atoms with Gasteiger partial charge in [0, 0.05) is 112 Å². The summed E-state index contributed by atoms with van der Waals surface area (Å²) in [6.07, 6.45) is 3.23. The first kappa shape index (κ1) is 97.4. The van der Waals surface area contributed by atoms with Crippen LogP contribution in [0.15, 0.2) is 85.2 Å².